The number of hydrogen-bond acceptors (Lipinski definition) is 4. The molecular weight excluding hydrogens is 376 g/mol. The first-order chi connectivity index (χ1) is 14.1. The van der Waals surface area contributed by atoms with Crippen molar-refractivity contribution >= 4 is 28.4 Å². The van der Waals surface area contributed by atoms with E-state index in [-0.39, 0.29) is 23.1 Å². The van der Waals surface area contributed by atoms with E-state index in [1.54, 1.807) is 0 Å². The second-order valence-corrected chi connectivity index (χ2v) is 6.41. The molecule has 0 spiro atoms. The molecule has 0 fully saturated rings. The summed E-state index contributed by atoms with van der Waals surface area (Å²) in [5.41, 5.74) is 2.51. The normalized spacial score (nSPS) is 10.8. The van der Waals surface area contributed by atoms with Crippen molar-refractivity contribution in [3.8, 4) is 0 Å². The SMILES string of the molecule is O=C(NCCc1c[nH]c2ccccc12)c1cnc(Nc2ccc(F)cc2F)nc1. The quantitative estimate of drug-likeness (QED) is 0.463. The predicted molar refractivity (Wildman–Crippen MR) is 106 cm³/mol. The van der Waals surface area contributed by atoms with Gasteiger partial charge in [0, 0.05) is 42.1 Å². The molecule has 2 aromatic heterocycles. The lowest BCUT2D eigenvalue weighted by molar-refractivity contribution is 0.0953. The van der Waals surface area contributed by atoms with E-state index < -0.39 is 11.6 Å². The summed E-state index contributed by atoms with van der Waals surface area (Å²) in [5, 5.41) is 6.61. The zero-order chi connectivity index (χ0) is 20.2. The molecular formula is C21H17F2N5O. The van der Waals surface area contributed by atoms with Crippen LogP contribution in [0, 0.1) is 11.6 Å². The van der Waals surface area contributed by atoms with Crippen LogP contribution in [0.5, 0.6) is 0 Å². The van der Waals surface area contributed by atoms with Crippen LogP contribution >= 0.6 is 0 Å². The first-order valence-electron chi connectivity index (χ1n) is 8.97. The average Bonchev–Trinajstić information content (AvgIpc) is 3.14. The van der Waals surface area contributed by atoms with Crippen molar-refractivity contribution < 1.29 is 13.6 Å². The van der Waals surface area contributed by atoms with Crippen molar-refractivity contribution in [1.29, 1.82) is 0 Å². The molecule has 2 aromatic carbocycles. The molecule has 1 amide bonds. The Hall–Kier alpha value is -3.81. The number of benzene rings is 2. The highest BCUT2D eigenvalue weighted by molar-refractivity contribution is 5.93. The van der Waals surface area contributed by atoms with Crippen molar-refractivity contribution in [2.75, 3.05) is 11.9 Å². The number of fused-ring (bicyclic) bond motifs is 1. The van der Waals surface area contributed by atoms with E-state index >= 15 is 0 Å². The minimum Gasteiger partial charge on any atom is -0.361 e. The molecule has 3 N–H and O–H groups in total. The van der Waals surface area contributed by atoms with Gasteiger partial charge in [0.15, 0.2) is 0 Å². The van der Waals surface area contributed by atoms with Crippen LogP contribution in [0.4, 0.5) is 20.4 Å². The summed E-state index contributed by atoms with van der Waals surface area (Å²) in [4.78, 5) is 23.5. The highest BCUT2D eigenvalue weighted by atomic mass is 19.1. The highest BCUT2D eigenvalue weighted by Gasteiger charge is 2.10. The van der Waals surface area contributed by atoms with E-state index in [0.29, 0.717) is 13.0 Å². The fraction of sp³-hybridized carbons (Fsp3) is 0.0952. The first-order valence-corrected chi connectivity index (χ1v) is 8.97. The lowest BCUT2D eigenvalue weighted by atomic mass is 10.1. The number of H-pyrrole nitrogens is 1. The Balaban J connectivity index is 1.34. The summed E-state index contributed by atoms with van der Waals surface area (Å²) in [7, 11) is 0. The number of carbonyl (C=O) groups excluding carboxylic acids is 1. The summed E-state index contributed by atoms with van der Waals surface area (Å²) in [6.07, 6.45) is 5.31. The Morgan fingerprint density at radius 2 is 1.86 bits per heavy atom. The number of nitrogens with one attached hydrogen (secondary N) is 3. The summed E-state index contributed by atoms with van der Waals surface area (Å²) in [6.45, 7) is 0.460. The van der Waals surface area contributed by atoms with Crippen molar-refractivity contribution in [3.05, 3.63) is 83.8 Å². The maximum Gasteiger partial charge on any atom is 0.254 e. The Labute approximate surface area is 165 Å². The molecule has 4 rings (SSSR count). The molecule has 0 aliphatic rings. The van der Waals surface area contributed by atoms with Crippen LogP contribution in [0.3, 0.4) is 0 Å². The largest absolute Gasteiger partial charge is 0.361 e. The number of carbonyl (C=O) groups is 1. The third-order valence-electron chi connectivity index (χ3n) is 4.45. The highest BCUT2D eigenvalue weighted by Crippen LogP contribution is 2.19. The van der Waals surface area contributed by atoms with Crippen molar-refractivity contribution in [3.63, 3.8) is 0 Å². The number of hydrogen-bond donors (Lipinski definition) is 3. The van der Waals surface area contributed by atoms with Crippen LogP contribution in [0.25, 0.3) is 10.9 Å². The molecule has 8 heteroatoms. The summed E-state index contributed by atoms with van der Waals surface area (Å²) in [5.74, 6) is -1.63. The van der Waals surface area contributed by atoms with E-state index in [2.05, 4.69) is 25.6 Å². The van der Waals surface area contributed by atoms with E-state index in [1.165, 1.54) is 18.5 Å². The molecule has 0 aliphatic carbocycles. The first kappa shape index (κ1) is 18.5. The molecule has 0 saturated carbocycles. The van der Waals surface area contributed by atoms with Gasteiger partial charge in [0.1, 0.15) is 11.6 Å². The van der Waals surface area contributed by atoms with Crippen LogP contribution in [0.2, 0.25) is 0 Å². The summed E-state index contributed by atoms with van der Waals surface area (Å²) < 4.78 is 26.6. The third kappa shape index (κ3) is 4.21. The van der Waals surface area contributed by atoms with E-state index in [4.69, 9.17) is 0 Å². The number of para-hydroxylation sites is 1. The predicted octanol–water partition coefficient (Wildman–Crippen LogP) is 3.95. The van der Waals surface area contributed by atoms with Crippen LogP contribution in [0.15, 0.2) is 61.1 Å². The van der Waals surface area contributed by atoms with Gasteiger partial charge in [-0.05, 0) is 30.2 Å². The van der Waals surface area contributed by atoms with Gasteiger partial charge < -0.3 is 15.6 Å². The summed E-state index contributed by atoms with van der Waals surface area (Å²) >= 11 is 0. The number of aromatic nitrogens is 3. The second kappa shape index (κ2) is 8.05. The molecule has 0 radical (unpaired) electrons. The van der Waals surface area contributed by atoms with Gasteiger partial charge in [0.2, 0.25) is 5.95 Å². The molecule has 4 aromatic rings. The number of amides is 1. The third-order valence-corrected chi connectivity index (χ3v) is 4.45. The van der Waals surface area contributed by atoms with Gasteiger partial charge in [-0.1, -0.05) is 18.2 Å². The van der Waals surface area contributed by atoms with Gasteiger partial charge in [0.25, 0.3) is 5.91 Å². The summed E-state index contributed by atoms with van der Waals surface area (Å²) in [6, 6.07) is 11.1. The minimum atomic E-state index is -0.757. The fourth-order valence-corrected chi connectivity index (χ4v) is 2.97. The maximum atomic E-state index is 13.7. The monoisotopic (exact) mass is 393 g/mol. The fourth-order valence-electron chi connectivity index (χ4n) is 2.97. The van der Waals surface area contributed by atoms with Crippen molar-refractivity contribution in [1.82, 2.24) is 20.3 Å². The maximum absolute atomic E-state index is 13.7. The Kier molecular flexibility index (Phi) is 5.15. The standard InChI is InChI=1S/C21H17F2N5O/c22-15-5-6-19(17(23)9-15)28-21-26-11-14(12-27-21)20(29)24-8-7-13-10-25-18-4-2-1-3-16(13)18/h1-6,9-12,25H,7-8H2,(H,24,29)(H,26,27,28). The molecule has 6 nitrogen and oxygen atoms in total. The Morgan fingerprint density at radius 1 is 1.07 bits per heavy atom. The van der Waals surface area contributed by atoms with Crippen LogP contribution in [0.1, 0.15) is 15.9 Å². The van der Waals surface area contributed by atoms with Gasteiger partial charge in [-0.25, -0.2) is 18.7 Å². The van der Waals surface area contributed by atoms with Gasteiger partial charge in [-0.3, -0.25) is 4.79 Å². The minimum absolute atomic E-state index is 0.0438. The molecule has 0 bridgehead atoms. The molecule has 146 valence electrons. The Bertz CT molecular complexity index is 1160. The molecule has 2 heterocycles. The second-order valence-electron chi connectivity index (χ2n) is 6.41. The van der Waals surface area contributed by atoms with Crippen molar-refractivity contribution in [2.24, 2.45) is 0 Å². The molecule has 0 aliphatic heterocycles. The number of anilines is 2. The zero-order valence-electron chi connectivity index (χ0n) is 15.2. The smallest absolute Gasteiger partial charge is 0.254 e. The van der Waals surface area contributed by atoms with Gasteiger partial charge in [0.05, 0.1) is 11.3 Å². The van der Waals surface area contributed by atoms with Gasteiger partial charge in [-0.15, -0.1) is 0 Å². The molecule has 0 unspecified atom stereocenters. The number of halogens is 2. The van der Waals surface area contributed by atoms with E-state index in [9.17, 15) is 13.6 Å². The molecule has 29 heavy (non-hydrogen) atoms. The van der Waals surface area contributed by atoms with E-state index in [1.807, 2.05) is 30.5 Å². The van der Waals surface area contributed by atoms with Crippen LogP contribution < -0.4 is 10.6 Å². The van der Waals surface area contributed by atoms with E-state index in [0.717, 1.165) is 28.6 Å². The van der Waals surface area contributed by atoms with Gasteiger partial charge in [-0.2, -0.15) is 0 Å². The molecule has 0 atom stereocenters. The lowest BCUT2D eigenvalue weighted by Gasteiger charge is -2.07. The average molecular weight is 393 g/mol. The Morgan fingerprint density at radius 3 is 2.66 bits per heavy atom. The molecule has 0 saturated heterocycles. The topological polar surface area (TPSA) is 82.7 Å². The number of aromatic amines is 1. The van der Waals surface area contributed by atoms with Crippen molar-refractivity contribution in [2.45, 2.75) is 6.42 Å². The zero-order valence-corrected chi connectivity index (χ0v) is 15.2. The number of nitrogens with zero attached hydrogens (tertiary/aromatic N) is 2. The lowest BCUT2D eigenvalue weighted by Crippen LogP contribution is -2.26. The number of rotatable bonds is 6. The van der Waals surface area contributed by atoms with Crippen LogP contribution in [-0.4, -0.2) is 27.4 Å². The van der Waals surface area contributed by atoms with Crippen LogP contribution in [-0.2, 0) is 6.42 Å². The van der Waals surface area contributed by atoms with Gasteiger partial charge >= 0.3 is 0 Å².